The highest BCUT2D eigenvalue weighted by molar-refractivity contribution is 5.64. The Morgan fingerprint density at radius 2 is 1.41 bits per heavy atom. The largest absolute Gasteiger partial charge is 0.370 e. The van der Waals surface area contributed by atoms with Crippen molar-refractivity contribution in [3.8, 4) is 11.3 Å². The molecule has 4 aromatic rings. The second-order valence-electron chi connectivity index (χ2n) is 6.70. The lowest BCUT2D eigenvalue weighted by Crippen LogP contribution is -2.10. The molecule has 5 heteroatoms. The molecule has 144 valence electrons. The van der Waals surface area contributed by atoms with E-state index in [1.165, 1.54) is 5.56 Å². The summed E-state index contributed by atoms with van der Waals surface area (Å²) in [6, 6.07) is 26.6. The molecular weight excluding hydrogens is 358 g/mol. The van der Waals surface area contributed by atoms with Crippen LogP contribution in [0.3, 0.4) is 0 Å². The summed E-state index contributed by atoms with van der Waals surface area (Å²) >= 11 is 0. The monoisotopic (exact) mass is 381 g/mol. The van der Waals surface area contributed by atoms with Crippen molar-refractivity contribution < 1.29 is 0 Å². The maximum Gasteiger partial charge on any atom is 0.225 e. The van der Waals surface area contributed by atoms with E-state index in [0.29, 0.717) is 12.5 Å². The van der Waals surface area contributed by atoms with Crippen LogP contribution in [0.25, 0.3) is 11.3 Å². The first-order chi connectivity index (χ1) is 14.4. The predicted molar refractivity (Wildman–Crippen MR) is 118 cm³/mol. The van der Waals surface area contributed by atoms with Crippen LogP contribution < -0.4 is 10.6 Å². The lowest BCUT2D eigenvalue weighted by molar-refractivity contribution is 0.992. The van der Waals surface area contributed by atoms with Crippen LogP contribution in [0.15, 0.2) is 91.3 Å². The molecule has 0 atom stereocenters. The average molecular weight is 381 g/mol. The van der Waals surface area contributed by atoms with Crippen LogP contribution in [0, 0.1) is 0 Å². The van der Waals surface area contributed by atoms with Gasteiger partial charge in [-0.3, -0.25) is 4.98 Å². The first-order valence-electron chi connectivity index (χ1n) is 9.72. The minimum atomic E-state index is 0.602. The van der Waals surface area contributed by atoms with Gasteiger partial charge in [-0.2, -0.15) is 4.98 Å². The van der Waals surface area contributed by atoms with Crippen molar-refractivity contribution in [3.63, 3.8) is 0 Å². The van der Waals surface area contributed by atoms with Crippen LogP contribution in [0.4, 0.5) is 11.8 Å². The molecule has 0 saturated carbocycles. The second kappa shape index (κ2) is 9.46. The fourth-order valence-electron chi connectivity index (χ4n) is 3.03. The SMILES string of the molecule is c1ccc(CCNc2cc(-c3ccccc3)nc(NCc3ccncc3)n2)cc1. The molecule has 5 nitrogen and oxygen atoms in total. The van der Waals surface area contributed by atoms with Gasteiger partial charge in [0, 0.05) is 37.1 Å². The van der Waals surface area contributed by atoms with Gasteiger partial charge in [0.1, 0.15) is 5.82 Å². The fraction of sp³-hybridized carbons (Fsp3) is 0.125. The molecule has 0 amide bonds. The second-order valence-corrected chi connectivity index (χ2v) is 6.70. The molecule has 4 rings (SSSR count). The summed E-state index contributed by atoms with van der Waals surface area (Å²) in [6.07, 6.45) is 4.51. The minimum absolute atomic E-state index is 0.602. The van der Waals surface area contributed by atoms with Gasteiger partial charge in [-0.25, -0.2) is 4.98 Å². The molecule has 2 heterocycles. The third kappa shape index (κ3) is 5.39. The zero-order valence-corrected chi connectivity index (χ0v) is 16.1. The smallest absolute Gasteiger partial charge is 0.225 e. The summed E-state index contributed by atoms with van der Waals surface area (Å²) in [6.45, 7) is 1.45. The summed E-state index contributed by atoms with van der Waals surface area (Å²) in [7, 11) is 0. The molecular formula is C24H23N5. The van der Waals surface area contributed by atoms with Crippen LogP contribution in [0.5, 0.6) is 0 Å². The third-order valence-electron chi connectivity index (χ3n) is 4.56. The Morgan fingerprint density at radius 3 is 2.17 bits per heavy atom. The lowest BCUT2D eigenvalue weighted by atomic mass is 10.1. The molecule has 0 aliphatic rings. The fourth-order valence-corrected chi connectivity index (χ4v) is 3.03. The molecule has 2 aromatic carbocycles. The number of hydrogen-bond donors (Lipinski definition) is 2. The average Bonchev–Trinajstić information content (AvgIpc) is 2.80. The highest BCUT2D eigenvalue weighted by Crippen LogP contribution is 2.21. The molecule has 29 heavy (non-hydrogen) atoms. The van der Waals surface area contributed by atoms with Gasteiger partial charge < -0.3 is 10.6 Å². The maximum atomic E-state index is 4.71. The van der Waals surface area contributed by atoms with E-state index in [4.69, 9.17) is 4.98 Å². The number of aromatic nitrogens is 3. The van der Waals surface area contributed by atoms with Crippen LogP contribution in [-0.2, 0) is 13.0 Å². The van der Waals surface area contributed by atoms with Gasteiger partial charge in [0.25, 0.3) is 0 Å². The van der Waals surface area contributed by atoms with Gasteiger partial charge in [-0.05, 0) is 29.7 Å². The first kappa shape index (κ1) is 18.6. The molecule has 0 spiro atoms. The molecule has 0 bridgehead atoms. The van der Waals surface area contributed by atoms with Crippen molar-refractivity contribution in [2.45, 2.75) is 13.0 Å². The van der Waals surface area contributed by atoms with Gasteiger partial charge in [0.05, 0.1) is 5.69 Å². The zero-order valence-electron chi connectivity index (χ0n) is 16.1. The quantitative estimate of drug-likeness (QED) is 0.459. The minimum Gasteiger partial charge on any atom is -0.370 e. The van der Waals surface area contributed by atoms with Crippen LogP contribution in [0.2, 0.25) is 0 Å². The molecule has 2 aromatic heterocycles. The van der Waals surface area contributed by atoms with E-state index in [2.05, 4.69) is 57.0 Å². The summed E-state index contributed by atoms with van der Waals surface area (Å²) in [5, 5.41) is 6.77. The number of nitrogens with zero attached hydrogens (tertiary/aromatic N) is 3. The van der Waals surface area contributed by atoms with Crippen LogP contribution in [-0.4, -0.2) is 21.5 Å². The number of nitrogens with one attached hydrogen (secondary N) is 2. The summed E-state index contributed by atoms with van der Waals surface area (Å²) in [5.41, 5.74) is 4.38. The van der Waals surface area contributed by atoms with E-state index in [0.717, 1.165) is 35.6 Å². The third-order valence-corrected chi connectivity index (χ3v) is 4.56. The number of rotatable bonds is 8. The molecule has 2 N–H and O–H groups in total. The van der Waals surface area contributed by atoms with Crippen LogP contribution >= 0.6 is 0 Å². The standard InChI is InChI=1S/C24H23N5/c1-3-7-19(8-4-1)13-16-26-23-17-22(21-9-5-2-6-10-21)28-24(29-23)27-18-20-11-14-25-15-12-20/h1-12,14-15,17H,13,16,18H2,(H2,26,27,28,29). The van der Waals surface area contributed by atoms with Crippen molar-refractivity contribution in [1.82, 2.24) is 15.0 Å². The van der Waals surface area contributed by atoms with Crippen LogP contribution in [0.1, 0.15) is 11.1 Å². The highest BCUT2D eigenvalue weighted by atomic mass is 15.1. The molecule has 0 fully saturated rings. The van der Waals surface area contributed by atoms with E-state index < -0.39 is 0 Å². The number of hydrogen-bond acceptors (Lipinski definition) is 5. The van der Waals surface area contributed by atoms with Gasteiger partial charge in [-0.15, -0.1) is 0 Å². The topological polar surface area (TPSA) is 62.7 Å². The van der Waals surface area contributed by atoms with Crippen molar-refractivity contribution in [2.75, 3.05) is 17.2 Å². The summed E-state index contributed by atoms with van der Waals surface area (Å²) in [5.74, 6) is 1.41. The maximum absolute atomic E-state index is 4.71. The van der Waals surface area contributed by atoms with Gasteiger partial charge in [0.15, 0.2) is 0 Å². The number of pyridine rings is 1. The molecule has 0 aliphatic heterocycles. The first-order valence-corrected chi connectivity index (χ1v) is 9.72. The predicted octanol–water partition coefficient (Wildman–Crippen LogP) is 4.81. The number of benzene rings is 2. The van der Waals surface area contributed by atoms with Gasteiger partial charge in [0.2, 0.25) is 5.95 Å². The van der Waals surface area contributed by atoms with Gasteiger partial charge in [-0.1, -0.05) is 60.7 Å². The van der Waals surface area contributed by atoms with Crippen molar-refractivity contribution in [2.24, 2.45) is 0 Å². The zero-order chi connectivity index (χ0) is 19.7. The van der Waals surface area contributed by atoms with E-state index in [1.807, 2.05) is 42.5 Å². The molecule has 0 unspecified atom stereocenters. The van der Waals surface area contributed by atoms with Crippen molar-refractivity contribution in [1.29, 1.82) is 0 Å². The molecule has 0 radical (unpaired) electrons. The van der Waals surface area contributed by atoms with Crippen molar-refractivity contribution in [3.05, 3.63) is 102 Å². The molecule has 0 aliphatic carbocycles. The lowest BCUT2D eigenvalue weighted by Gasteiger charge is -2.12. The van der Waals surface area contributed by atoms with E-state index >= 15 is 0 Å². The Balaban J connectivity index is 1.51. The Bertz CT molecular complexity index is 1020. The molecule has 0 saturated heterocycles. The highest BCUT2D eigenvalue weighted by Gasteiger charge is 2.07. The Kier molecular flexibility index (Phi) is 6.08. The Morgan fingerprint density at radius 1 is 0.690 bits per heavy atom. The van der Waals surface area contributed by atoms with E-state index in [-0.39, 0.29) is 0 Å². The van der Waals surface area contributed by atoms with E-state index in [1.54, 1.807) is 12.4 Å². The number of anilines is 2. The Labute approximate surface area is 170 Å². The van der Waals surface area contributed by atoms with Crippen molar-refractivity contribution >= 4 is 11.8 Å². The summed E-state index contributed by atoms with van der Waals surface area (Å²) < 4.78 is 0. The van der Waals surface area contributed by atoms with E-state index in [9.17, 15) is 0 Å². The van der Waals surface area contributed by atoms with Gasteiger partial charge >= 0.3 is 0 Å². The normalized spacial score (nSPS) is 10.5. The Hall–Kier alpha value is -3.73. The summed E-state index contributed by atoms with van der Waals surface area (Å²) in [4.78, 5) is 13.4.